The van der Waals surface area contributed by atoms with Crippen molar-refractivity contribution < 1.29 is 4.79 Å². The van der Waals surface area contributed by atoms with Gasteiger partial charge in [0.25, 0.3) is 0 Å². The minimum Gasteiger partial charge on any atom is -0.398 e. The van der Waals surface area contributed by atoms with E-state index in [1.165, 1.54) is 6.08 Å². The van der Waals surface area contributed by atoms with Crippen LogP contribution in [0.2, 0.25) is 0 Å². The molecule has 0 saturated carbocycles. The van der Waals surface area contributed by atoms with Gasteiger partial charge in [0.05, 0.1) is 5.56 Å². The van der Waals surface area contributed by atoms with Gasteiger partial charge in [-0.25, -0.2) is 0 Å². The number of nitriles is 1. The zero-order valence-corrected chi connectivity index (χ0v) is 9.95. The summed E-state index contributed by atoms with van der Waals surface area (Å²) in [7, 11) is 0. The van der Waals surface area contributed by atoms with E-state index in [-0.39, 0.29) is 5.91 Å². The Morgan fingerprint density at radius 3 is 2.88 bits per heavy atom. The first-order chi connectivity index (χ1) is 8.08. The summed E-state index contributed by atoms with van der Waals surface area (Å²) in [6.45, 7) is 4.27. The molecule has 4 nitrogen and oxygen atoms in total. The lowest BCUT2D eigenvalue weighted by Gasteiger charge is -2.04. The van der Waals surface area contributed by atoms with E-state index in [4.69, 9.17) is 11.0 Å². The molecule has 0 heterocycles. The number of amides is 1. The number of hydrogen-bond donors (Lipinski definition) is 2. The second-order valence-electron chi connectivity index (χ2n) is 3.64. The van der Waals surface area contributed by atoms with E-state index in [2.05, 4.69) is 5.32 Å². The van der Waals surface area contributed by atoms with E-state index in [1.807, 2.05) is 19.9 Å². The van der Waals surface area contributed by atoms with E-state index in [1.54, 1.807) is 18.2 Å². The number of carbonyl (C=O) groups excluding carboxylic acids is 1. The molecule has 88 valence electrons. The fourth-order valence-corrected chi connectivity index (χ4v) is 1.40. The van der Waals surface area contributed by atoms with Crippen LogP contribution in [0, 0.1) is 11.3 Å². The predicted molar refractivity (Wildman–Crippen MR) is 67.9 cm³/mol. The van der Waals surface area contributed by atoms with E-state index in [9.17, 15) is 4.79 Å². The fourth-order valence-electron chi connectivity index (χ4n) is 1.40. The molecular weight excluding hydrogens is 214 g/mol. The molecule has 1 aromatic rings. The Morgan fingerprint density at radius 2 is 2.29 bits per heavy atom. The highest BCUT2D eigenvalue weighted by Gasteiger charge is 2.03. The van der Waals surface area contributed by atoms with Crippen molar-refractivity contribution >= 4 is 17.2 Å². The summed E-state index contributed by atoms with van der Waals surface area (Å²) < 4.78 is 0. The number of carbonyl (C=O) groups is 1. The smallest absolute Gasteiger partial charge is 0.244 e. The first kappa shape index (κ1) is 12.8. The second-order valence-corrected chi connectivity index (χ2v) is 3.64. The summed E-state index contributed by atoms with van der Waals surface area (Å²) in [5, 5.41) is 11.5. The van der Waals surface area contributed by atoms with Gasteiger partial charge in [-0.05, 0) is 37.1 Å². The number of likely N-dealkylation sites (N-methyl/N-ethyl adjacent to an activating group) is 1. The van der Waals surface area contributed by atoms with Crippen LogP contribution in [0.3, 0.4) is 0 Å². The summed E-state index contributed by atoms with van der Waals surface area (Å²) in [5.74, 6) is -0.139. The monoisotopic (exact) mass is 229 g/mol. The number of allylic oxidation sites excluding steroid dienone is 1. The Kier molecular flexibility index (Phi) is 4.29. The molecule has 0 radical (unpaired) electrons. The number of nitrogen functional groups attached to an aromatic ring is 1. The van der Waals surface area contributed by atoms with Crippen molar-refractivity contribution in [2.75, 3.05) is 12.3 Å². The minimum absolute atomic E-state index is 0.139. The highest BCUT2D eigenvalue weighted by atomic mass is 16.1. The fraction of sp³-hybridized carbons (Fsp3) is 0.231. The Bertz CT molecular complexity index is 498. The molecule has 0 bridgehead atoms. The van der Waals surface area contributed by atoms with Crippen molar-refractivity contribution in [1.82, 2.24) is 5.32 Å². The van der Waals surface area contributed by atoms with Crippen LogP contribution >= 0.6 is 0 Å². The number of nitrogens with zero attached hydrogens (tertiary/aromatic N) is 1. The largest absolute Gasteiger partial charge is 0.398 e. The normalized spacial score (nSPS) is 10.8. The zero-order chi connectivity index (χ0) is 12.8. The molecule has 4 heteroatoms. The van der Waals surface area contributed by atoms with Gasteiger partial charge >= 0.3 is 0 Å². The third-order valence-electron chi connectivity index (χ3n) is 2.33. The SMILES string of the molecule is CCNC(=O)/C=C(\C)c1ccc(N)c(C#N)c1. The molecule has 0 aliphatic rings. The average molecular weight is 229 g/mol. The summed E-state index contributed by atoms with van der Waals surface area (Å²) in [4.78, 5) is 11.4. The van der Waals surface area contributed by atoms with Gasteiger partial charge in [0.2, 0.25) is 5.91 Å². The average Bonchev–Trinajstić information content (AvgIpc) is 2.29. The van der Waals surface area contributed by atoms with Crippen LogP contribution in [0.15, 0.2) is 24.3 Å². The summed E-state index contributed by atoms with van der Waals surface area (Å²) in [6.07, 6.45) is 1.51. The van der Waals surface area contributed by atoms with Gasteiger partial charge in [0.15, 0.2) is 0 Å². The zero-order valence-electron chi connectivity index (χ0n) is 9.95. The van der Waals surface area contributed by atoms with Crippen LogP contribution in [0.1, 0.15) is 25.0 Å². The summed E-state index contributed by atoms with van der Waals surface area (Å²) in [5.41, 5.74) is 8.12. The second kappa shape index (κ2) is 5.71. The van der Waals surface area contributed by atoms with Crippen molar-refractivity contribution in [1.29, 1.82) is 5.26 Å². The van der Waals surface area contributed by atoms with Gasteiger partial charge in [0, 0.05) is 18.3 Å². The molecule has 1 amide bonds. The van der Waals surface area contributed by atoms with E-state index < -0.39 is 0 Å². The van der Waals surface area contributed by atoms with E-state index >= 15 is 0 Å². The molecule has 0 unspecified atom stereocenters. The third-order valence-corrected chi connectivity index (χ3v) is 2.33. The first-order valence-corrected chi connectivity index (χ1v) is 5.34. The van der Waals surface area contributed by atoms with Gasteiger partial charge in [-0.1, -0.05) is 6.07 Å². The molecule has 0 spiro atoms. The van der Waals surface area contributed by atoms with Crippen LogP contribution in [0.5, 0.6) is 0 Å². The van der Waals surface area contributed by atoms with Gasteiger partial charge in [0.1, 0.15) is 6.07 Å². The number of nitrogens with two attached hydrogens (primary N) is 1. The Balaban J connectivity index is 3.01. The van der Waals surface area contributed by atoms with Crippen molar-refractivity contribution in [2.24, 2.45) is 0 Å². The third kappa shape index (κ3) is 3.35. The van der Waals surface area contributed by atoms with Crippen LogP contribution in [0.25, 0.3) is 5.57 Å². The highest BCUT2D eigenvalue weighted by Crippen LogP contribution is 2.19. The molecule has 0 aromatic heterocycles. The van der Waals surface area contributed by atoms with Crippen LogP contribution in [-0.2, 0) is 4.79 Å². The maximum Gasteiger partial charge on any atom is 0.244 e. The standard InChI is InChI=1S/C13H15N3O/c1-3-16-13(17)6-9(2)10-4-5-12(15)11(7-10)8-14/h4-7H,3,15H2,1-2H3,(H,16,17)/b9-6+. The lowest BCUT2D eigenvalue weighted by molar-refractivity contribution is -0.116. The van der Waals surface area contributed by atoms with Gasteiger partial charge in [-0.15, -0.1) is 0 Å². The maximum absolute atomic E-state index is 11.4. The van der Waals surface area contributed by atoms with Crippen molar-refractivity contribution in [2.45, 2.75) is 13.8 Å². The molecule has 0 aliphatic carbocycles. The first-order valence-electron chi connectivity index (χ1n) is 5.34. The Hall–Kier alpha value is -2.28. The molecule has 0 fully saturated rings. The van der Waals surface area contributed by atoms with E-state index in [0.717, 1.165) is 11.1 Å². The molecule has 0 aliphatic heterocycles. The lowest BCUT2D eigenvalue weighted by atomic mass is 10.0. The predicted octanol–water partition coefficient (Wildman–Crippen LogP) is 1.68. The molecule has 3 N–H and O–H groups in total. The van der Waals surface area contributed by atoms with Gasteiger partial charge in [-0.2, -0.15) is 5.26 Å². The van der Waals surface area contributed by atoms with Crippen LogP contribution in [0.4, 0.5) is 5.69 Å². The molecule has 1 aromatic carbocycles. The number of anilines is 1. The molecule has 0 atom stereocenters. The number of benzene rings is 1. The molecular formula is C13H15N3O. The minimum atomic E-state index is -0.139. The quantitative estimate of drug-likeness (QED) is 0.611. The number of hydrogen-bond acceptors (Lipinski definition) is 3. The number of rotatable bonds is 3. The maximum atomic E-state index is 11.4. The molecule has 0 saturated heterocycles. The molecule has 1 rings (SSSR count). The molecule has 17 heavy (non-hydrogen) atoms. The van der Waals surface area contributed by atoms with Gasteiger partial charge < -0.3 is 11.1 Å². The van der Waals surface area contributed by atoms with Crippen LogP contribution < -0.4 is 11.1 Å². The van der Waals surface area contributed by atoms with Gasteiger partial charge in [-0.3, -0.25) is 4.79 Å². The Morgan fingerprint density at radius 1 is 1.59 bits per heavy atom. The lowest BCUT2D eigenvalue weighted by Crippen LogP contribution is -2.20. The number of nitrogens with one attached hydrogen (secondary N) is 1. The highest BCUT2D eigenvalue weighted by molar-refractivity contribution is 5.95. The summed E-state index contributed by atoms with van der Waals surface area (Å²) in [6, 6.07) is 7.16. The van der Waals surface area contributed by atoms with Crippen molar-refractivity contribution in [3.63, 3.8) is 0 Å². The van der Waals surface area contributed by atoms with Crippen molar-refractivity contribution in [3.05, 3.63) is 35.4 Å². The Labute approximate surface area is 101 Å². The summed E-state index contributed by atoms with van der Waals surface area (Å²) >= 11 is 0. The topological polar surface area (TPSA) is 78.9 Å². The van der Waals surface area contributed by atoms with E-state index in [0.29, 0.717) is 17.8 Å². The van der Waals surface area contributed by atoms with Crippen LogP contribution in [-0.4, -0.2) is 12.5 Å². The van der Waals surface area contributed by atoms with Crippen molar-refractivity contribution in [3.8, 4) is 6.07 Å².